The second-order valence-electron chi connectivity index (χ2n) is 7.13. The maximum atomic E-state index is 12.7. The maximum absolute atomic E-state index is 12.7. The number of benzene rings is 2. The Morgan fingerprint density at radius 2 is 1.86 bits per heavy atom. The van der Waals surface area contributed by atoms with Crippen LogP contribution in [0.25, 0.3) is 11.1 Å². The number of nitrogens with zero attached hydrogens (tertiary/aromatic N) is 2. The molecule has 2 heterocycles. The summed E-state index contributed by atoms with van der Waals surface area (Å²) in [6.45, 7) is 4.23. The number of nitrogens with one attached hydrogen (secondary N) is 1. The number of oxazole rings is 1. The van der Waals surface area contributed by atoms with Crippen LogP contribution in [0, 0.1) is 5.92 Å². The molecule has 7 nitrogen and oxygen atoms in total. The minimum Gasteiger partial charge on any atom is -0.492 e. The molecule has 2 aromatic carbocycles. The van der Waals surface area contributed by atoms with Crippen molar-refractivity contribution in [1.29, 1.82) is 0 Å². The van der Waals surface area contributed by atoms with Gasteiger partial charge >= 0.3 is 0 Å². The third kappa shape index (κ3) is 4.38. The lowest BCUT2D eigenvalue weighted by Crippen LogP contribution is -2.38. The molecular weight excluding hydrogens is 390 g/mol. The first-order valence-electron chi connectivity index (χ1n) is 9.89. The molecule has 0 atom stereocenters. The average Bonchev–Trinajstić information content (AvgIpc) is 3.18. The Morgan fingerprint density at radius 3 is 2.62 bits per heavy atom. The Morgan fingerprint density at radius 1 is 1.14 bits per heavy atom. The van der Waals surface area contributed by atoms with E-state index >= 15 is 0 Å². The van der Waals surface area contributed by atoms with Crippen LogP contribution in [0.1, 0.15) is 19.8 Å². The van der Waals surface area contributed by atoms with Gasteiger partial charge in [-0.05, 0) is 49.9 Å². The number of hydrogen-bond donors (Lipinski definition) is 1. The predicted octanol–water partition coefficient (Wildman–Crippen LogP) is 3.42. The number of ether oxygens (including phenoxy) is 1. The van der Waals surface area contributed by atoms with Crippen LogP contribution < -0.4 is 14.4 Å². The molecule has 3 aromatic rings. The van der Waals surface area contributed by atoms with Crippen molar-refractivity contribution in [3.63, 3.8) is 0 Å². The van der Waals surface area contributed by atoms with Gasteiger partial charge in [0.1, 0.15) is 16.2 Å². The van der Waals surface area contributed by atoms with E-state index in [0.29, 0.717) is 24.9 Å². The van der Waals surface area contributed by atoms with E-state index in [2.05, 4.69) is 14.6 Å². The molecule has 0 amide bonds. The van der Waals surface area contributed by atoms with Crippen molar-refractivity contribution < 1.29 is 17.6 Å². The van der Waals surface area contributed by atoms with Crippen molar-refractivity contribution in [2.45, 2.75) is 24.7 Å². The molecule has 154 valence electrons. The summed E-state index contributed by atoms with van der Waals surface area (Å²) in [5.41, 5.74) is 1.63. The van der Waals surface area contributed by atoms with Gasteiger partial charge in [0.15, 0.2) is 5.58 Å². The molecule has 1 saturated heterocycles. The molecule has 1 aliphatic rings. The van der Waals surface area contributed by atoms with Gasteiger partial charge in [0.05, 0.1) is 6.61 Å². The molecule has 4 rings (SSSR count). The highest BCUT2D eigenvalue weighted by Crippen LogP contribution is 2.27. The van der Waals surface area contributed by atoms with E-state index in [9.17, 15) is 8.42 Å². The lowest BCUT2D eigenvalue weighted by atomic mass is 9.97. The first-order chi connectivity index (χ1) is 14.1. The zero-order valence-electron chi connectivity index (χ0n) is 16.4. The van der Waals surface area contributed by atoms with Crippen molar-refractivity contribution in [1.82, 2.24) is 9.71 Å². The molecule has 8 heteroatoms. The fourth-order valence-electron chi connectivity index (χ4n) is 3.58. The third-order valence-corrected chi connectivity index (χ3v) is 6.63. The molecule has 0 aliphatic carbocycles. The van der Waals surface area contributed by atoms with Gasteiger partial charge in [0.2, 0.25) is 10.0 Å². The summed E-state index contributed by atoms with van der Waals surface area (Å²) in [5, 5.41) is 0. The van der Waals surface area contributed by atoms with Crippen LogP contribution in [-0.4, -0.2) is 39.6 Å². The highest BCUT2D eigenvalue weighted by Gasteiger charge is 2.25. The number of rotatable bonds is 7. The Bertz CT molecular complexity index is 1040. The molecule has 0 bridgehead atoms. The van der Waals surface area contributed by atoms with Crippen molar-refractivity contribution >= 4 is 27.1 Å². The number of anilines is 1. The van der Waals surface area contributed by atoms with E-state index in [1.54, 1.807) is 24.3 Å². The van der Waals surface area contributed by atoms with E-state index < -0.39 is 10.0 Å². The van der Waals surface area contributed by atoms with Crippen LogP contribution in [-0.2, 0) is 10.0 Å². The molecule has 1 fully saturated rings. The van der Waals surface area contributed by atoms with Gasteiger partial charge in [-0.3, -0.25) is 0 Å². The minimum atomic E-state index is -3.61. The number of fused-ring (bicyclic) bond motifs is 1. The Kier molecular flexibility index (Phi) is 5.73. The van der Waals surface area contributed by atoms with Crippen molar-refractivity contribution in [2.24, 2.45) is 5.92 Å². The summed E-state index contributed by atoms with van der Waals surface area (Å²) < 4.78 is 39.5. The van der Waals surface area contributed by atoms with Gasteiger partial charge in [-0.25, -0.2) is 13.1 Å². The maximum Gasteiger partial charge on any atom is 0.298 e. The number of piperidine rings is 1. The molecular formula is C21H25N3O4S. The van der Waals surface area contributed by atoms with E-state index in [-0.39, 0.29) is 10.8 Å². The van der Waals surface area contributed by atoms with Crippen molar-refractivity contribution in [3.8, 4) is 5.75 Å². The fourth-order valence-corrected chi connectivity index (χ4v) is 4.84. The Hall–Kier alpha value is -2.58. The molecule has 0 radical (unpaired) electrons. The summed E-state index contributed by atoms with van der Waals surface area (Å²) in [7, 11) is -3.61. The third-order valence-electron chi connectivity index (χ3n) is 5.17. The predicted molar refractivity (Wildman–Crippen MR) is 112 cm³/mol. The van der Waals surface area contributed by atoms with Crippen LogP contribution in [0.3, 0.4) is 0 Å². The van der Waals surface area contributed by atoms with Crippen LogP contribution in [0.4, 0.5) is 6.01 Å². The van der Waals surface area contributed by atoms with Gasteiger partial charge < -0.3 is 14.1 Å². The second-order valence-corrected chi connectivity index (χ2v) is 8.86. The zero-order valence-corrected chi connectivity index (χ0v) is 17.2. The van der Waals surface area contributed by atoms with E-state index in [1.807, 2.05) is 31.2 Å². The Labute approximate surface area is 170 Å². The Balaban J connectivity index is 1.35. The molecule has 1 aliphatic heterocycles. The monoisotopic (exact) mass is 415 g/mol. The van der Waals surface area contributed by atoms with Crippen LogP contribution >= 0.6 is 0 Å². The lowest BCUT2D eigenvalue weighted by Gasteiger charge is -2.30. The number of para-hydroxylation sites is 3. The number of sulfonamides is 1. The quantitative estimate of drug-likeness (QED) is 0.636. The van der Waals surface area contributed by atoms with Gasteiger partial charge in [-0.15, -0.1) is 0 Å². The standard InChI is InChI=1S/C21H25N3O4S/c1-2-27-19-9-5-6-10-20(19)29(25,26)22-15-16-11-13-24(14-12-16)21-23-17-7-3-4-8-18(17)28-21/h3-10,16,22H,2,11-15H2,1H3. The topological polar surface area (TPSA) is 84.7 Å². The van der Waals surface area contributed by atoms with Crippen LogP contribution in [0.5, 0.6) is 5.75 Å². The minimum absolute atomic E-state index is 0.186. The van der Waals surface area contributed by atoms with Crippen molar-refractivity contribution in [3.05, 3.63) is 48.5 Å². The lowest BCUT2D eigenvalue weighted by molar-refractivity contribution is 0.330. The normalized spacial score (nSPS) is 15.7. The first kappa shape index (κ1) is 19.7. The number of aromatic nitrogens is 1. The SMILES string of the molecule is CCOc1ccccc1S(=O)(=O)NCC1CCN(c2nc3ccccc3o2)CC1. The van der Waals surface area contributed by atoms with Gasteiger partial charge in [0.25, 0.3) is 6.01 Å². The highest BCUT2D eigenvalue weighted by atomic mass is 32.2. The number of hydrogen-bond acceptors (Lipinski definition) is 6. The fraction of sp³-hybridized carbons (Fsp3) is 0.381. The van der Waals surface area contributed by atoms with Crippen LogP contribution in [0.2, 0.25) is 0 Å². The van der Waals surface area contributed by atoms with Gasteiger partial charge in [-0.1, -0.05) is 24.3 Å². The second kappa shape index (κ2) is 8.42. The largest absolute Gasteiger partial charge is 0.492 e. The molecule has 0 saturated carbocycles. The van der Waals surface area contributed by atoms with E-state index in [1.165, 1.54) is 0 Å². The van der Waals surface area contributed by atoms with E-state index in [4.69, 9.17) is 9.15 Å². The smallest absolute Gasteiger partial charge is 0.298 e. The first-order valence-corrected chi connectivity index (χ1v) is 11.4. The zero-order chi connectivity index (χ0) is 20.3. The highest BCUT2D eigenvalue weighted by molar-refractivity contribution is 7.89. The molecule has 29 heavy (non-hydrogen) atoms. The van der Waals surface area contributed by atoms with Gasteiger partial charge in [0, 0.05) is 19.6 Å². The molecule has 1 aromatic heterocycles. The molecule has 0 unspecified atom stereocenters. The summed E-state index contributed by atoms with van der Waals surface area (Å²) in [6, 6.07) is 15.1. The molecule has 1 N–H and O–H groups in total. The summed E-state index contributed by atoms with van der Waals surface area (Å²) in [5.74, 6) is 0.651. The van der Waals surface area contributed by atoms with Gasteiger partial charge in [-0.2, -0.15) is 4.98 Å². The summed E-state index contributed by atoms with van der Waals surface area (Å²) in [4.78, 5) is 6.85. The average molecular weight is 416 g/mol. The summed E-state index contributed by atoms with van der Waals surface area (Å²) in [6.07, 6.45) is 1.74. The van der Waals surface area contributed by atoms with Crippen LogP contribution in [0.15, 0.2) is 57.8 Å². The summed E-state index contributed by atoms with van der Waals surface area (Å²) >= 11 is 0. The molecule has 0 spiro atoms. The van der Waals surface area contributed by atoms with Crippen molar-refractivity contribution in [2.75, 3.05) is 31.1 Å². The van der Waals surface area contributed by atoms with E-state index in [0.717, 1.165) is 37.0 Å².